The Balaban J connectivity index is 1.93. The third kappa shape index (κ3) is 2.33. The molecule has 1 saturated heterocycles. The lowest BCUT2D eigenvalue weighted by Gasteiger charge is -2.22. The van der Waals surface area contributed by atoms with Gasteiger partial charge in [0, 0.05) is 18.4 Å². The van der Waals surface area contributed by atoms with Crippen molar-refractivity contribution in [2.24, 2.45) is 0 Å². The van der Waals surface area contributed by atoms with Gasteiger partial charge in [-0.2, -0.15) is 0 Å². The third-order valence-electron chi connectivity index (χ3n) is 3.68. The molecule has 100 valence electrons. The first-order valence-corrected chi connectivity index (χ1v) is 6.61. The highest BCUT2D eigenvalue weighted by atomic mass is 16.5. The Bertz CT molecular complexity index is 560. The molecule has 0 aliphatic carbocycles. The van der Waals surface area contributed by atoms with Crippen LogP contribution in [0.4, 0.5) is 5.82 Å². The molecule has 0 bridgehead atoms. The van der Waals surface area contributed by atoms with Crippen LogP contribution < -0.4 is 5.73 Å². The standard InChI is InChI=1S/C14H18N4O/c1-10(13-3-2-6-19-13)18-9-16-8-12(18)11-4-5-17-14(15)7-11/h4-5,7-10,13H,2-3,6H2,1H3,(H2,15,17). The Kier molecular flexibility index (Phi) is 3.21. The molecule has 2 atom stereocenters. The van der Waals surface area contributed by atoms with Crippen LogP contribution in [0.3, 0.4) is 0 Å². The molecule has 0 radical (unpaired) electrons. The van der Waals surface area contributed by atoms with Gasteiger partial charge >= 0.3 is 0 Å². The minimum absolute atomic E-state index is 0.270. The van der Waals surface area contributed by atoms with Crippen molar-refractivity contribution in [2.75, 3.05) is 12.3 Å². The van der Waals surface area contributed by atoms with E-state index in [-0.39, 0.29) is 12.1 Å². The highest BCUT2D eigenvalue weighted by Gasteiger charge is 2.25. The molecule has 1 aliphatic heterocycles. The SMILES string of the molecule is CC(C1CCCO1)n1cncc1-c1ccnc(N)c1. The number of aromatic nitrogens is 3. The van der Waals surface area contributed by atoms with E-state index in [1.165, 1.54) is 0 Å². The van der Waals surface area contributed by atoms with Crippen LogP contribution in [0.15, 0.2) is 30.9 Å². The van der Waals surface area contributed by atoms with Crippen molar-refractivity contribution < 1.29 is 4.74 Å². The number of rotatable bonds is 3. The van der Waals surface area contributed by atoms with Crippen LogP contribution in [0.5, 0.6) is 0 Å². The summed E-state index contributed by atoms with van der Waals surface area (Å²) in [5.74, 6) is 0.523. The van der Waals surface area contributed by atoms with Crippen molar-refractivity contribution in [1.82, 2.24) is 14.5 Å². The van der Waals surface area contributed by atoms with Crippen LogP contribution in [0.2, 0.25) is 0 Å². The zero-order valence-corrected chi connectivity index (χ0v) is 11.0. The number of nitrogens with two attached hydrogens (primary N) is 1. The highest BCUT2D eigenvalue weighted by Crippen LogP contribution is 2.29. The van der Waals surface area contributed by atoms with Gasteiger partial charge < -0.3 is 15.0 Å². The first kappa shape index (κ1) is 12.2. The van der Waals surface area contributed by atoms with E-state index in [4.69, 9.17) is 10.5 Å². The summed E-state index contributed by atoms with van der Waals surface area (Å²) in [7, 11) is 0. The molecular formula is C14H18N4O. The Hall–Kier alpha value is -1.88. The lowest BCUT2D eigenvalue weighted by atomic mass is 10.1. The summed E-state index contributed by atoms with van der Waals surface area (Å²) in [6, 6.07) is 4.09. The molecule has 1 aliphatic rings. The number of ether oxygens (including phenoxy) is 1. The number of anilines is 1. The van der Waals surface area contributed by atoms with E-state index in [9.17, 15) is 0 Å². The van der Waals surface area contributed by atoms with Gasteiger partial charge in [-0.15, -0.1) is 0 Å². The zero-order valence-electron chi connectivity index (χ0n) is 11.0. The largest absolute Gasteiger partial charge is 0.384 e. The molecule has 2 aromatic heterocycles. The predicted molar refractivity (Wildman–Crippen MR) is 73.6 cm³/mol. The van der Waals surface area contributed by atoms with E-state index in [2.05, 4.69) is 21.5 Å². The summed E-state index contributed by atoms with van der Waals surface area (Å²) >= 11 is 0. The van der Waals surface area contributed by atoms with Crippen molar-refractivity contribution in [1.29, 1.82) is 0 Å². The van der Waals surface area contributed by atoms with Crippen LogP contribution in [-0.4, -0.2) is 27.2 Å². The third-order valence-corrected chi connectivity index (χ3v) is 3.68. The van der Waals surface area contributed by atoms with Crippen LogP contribution in [-0.2, 0) is 4.74 Å². The zero-order chi connectivity index (χ0) is 13.2. The van der Waals surface area contributed by atoms with E-state index in [1.54, 1.807) is 6.20 Å². The lowest BCUT2D eigenvalue weighted by molar-refractivity contribution is 0.0737. The van der Waals surface area contributed by atoms with Gasteiger partial charge in [0.05, 0.1) is 30.4 Å². The normalized spacial score (nSPS) is 20.6. The van der Waals surface area contributed by atoms with Gasteiger partial charge in [-0.3, -0.25) is 0 Å². The molecular weight excluding hydrogens is 240 g/mol. The number of hydrogen-bond donors (Lipinski definition) is 1. The lowest BCUT2D eigenvalue weighted by Crippen LogP contribution is -2.20. The number of nitrogens with zero attached hydrogens (tertiary/aromatic N) is 3. The smallest absolute Gasteiger partial charge is 0.123 e. The van der Waals surface area contributed by atoms with Gasteiger partial charge in [0.2, 0.25) is 0 Å². The average Bonchev–Trinajstić information content (AvgIpc) is 3.09. The average molecular weight is 258 g/mol. The van der Waals surface area contributed by atoms with Gasteiger partial charge in [-0.05, 0) is 31.9 Å². The quantitative estimate of drug-likeness (QED) is 0.917. The van der Waals surface area contributed by atoms with Gasteiger partial charge in [0.15, 0.2) is 0 Å². The van der Waals surface area contributed by atoms with Crippen molar-refractivity contribution in [3.05, 3.63) is 30.9 Å². The second kappa shape index (κ2) is 5.01. The predicted octanol–water partition coefficient (Wildman–Crippen LogP) is 2.27. The van der Waals surface area contributed by atoms with Gasteiger partial charge in [0.1, 0.15) is 5.82 Å². The first-order chi connectivity index (χ1) is 9.25. The summed E-state index contributed by atoms with van der Waals surface area (Å²) in [5.41, 5.74) is 7.84. The summed E-state index contributed by atoms with van der Waals surface area (Å²) in [6.45, 7) is 3.03. The molecule has 1 fully saturated rings. The summed E-state index contributed by atoms with van der Waals surface area (Å²) in [4.78, 5) is 8.29. The Morgan fingerprint density at radius 3 is 3.16 bits per heavy atom. The fourth-order valence-corrected chi connectivity index (χ4v) is 2.62. The van der Waals surface area contributed by atoms with E-state index >= 15 is 0 Å². The van der Waals surface area contributed by atoms with E-state index in [1.807, 2.05) is 24.7 Å². The fraction of sp³-hybridized carbons (Fsp3) is 0.429. The molecule has 2 aromatic rings. The Labute approximate surface area is 112 Å². The molecule has 5 nitrogen and oxygen atoms in total. The second-order valence-corrected chi connectivity index (χ2v) is 4.95. The summed E-state index contributed by atoms with van der Waals surface area (Å²) in [5, 5.41) is 0. The first-order valence-electron chi connectivity index (χ1n) is 6.61. The monoisotopic (exact) mass is 258 g/mol. The molecule has 3 heterocycles. The molecule has 0 amide bonds. The number of hydrogen-bond acceptors (Lipinski definition) is 4. The minimum Gasteiger partial charge on any atom is -0.384 e. The van der Waals surface area contributed by atoms with Crippen molar-refractivity contribution >= 4 is 5.82 Å². The van der Waals surface area contributed by atoms with E-state index in [0.29, 0.717) is 5.82 Å². The molecule has 2 N–H and O–H groups in total. The van der Waals surface area contributed by atoms with Crippen molar-refractivity contribution in [3.8, 4) is 11.3 Å². The second-order valence-electron chi connectivity index (χ2n) is 4.95. The van der Waals surface area contributed by atoms with Crippen molar-refractivity contribution in [2.45, 2.75) is 31.9 Å². The maximum Gasteiger partial charge on any atom is 0.123 e. The molecule has 0 aromatic carbocycles. The van der Waals surface area contributed by atoms with E-state index < -0.39 is 0 Å². The topological polar surface area (TPSA) is 66.0 Å². The molecule has 0 spiro atoms. The van der Waals surface area contributed by atoms with Crippen LogP contribution in [0, 0.1) is 0 Å². The number of pyridine rings is 1. The molecule has 3 rings (SSSR count). The van der Waals surface area contributed by atoms with E-state index in [0.717, 1.165) is 30.7 Å². The molecule has 19 heavy (non-hydrogen) atoms. The van der Waals surface area contributed by atoms with Gasteiger partial charge in [-0.25, -0.2) is 9.97 Å². The Morgan fingerprint density at radius 2 is 2.42 bits per heavy atom. The molecule has 5 heteroatoms. The summed E-state index contributed by atoms with van der Waals surface area (Å²) in [6.07, 6.45) is 7.96. The Morgan fingerprint density at radius 1 is 1.53 bits per heavy atom. The number of imidazole rings is 1. The van der Waals surface area contributed by atoms with Crippen LogP contribution in [0.25, 0.3) is 11.3 Å². The number of nitrogen functional groups attached to an aromatic ring is 1. The van der Waals surface area contributed by atoms with Gasteiger partial charge in [-0.1, -0.05) is 0 Å². The van der Waals surface area contributed by atoms with Crippen LogP contribution >= 0.6 is 0 Å². The highest BCUT2D eigenvalue weighted by molar-refractivity contribution is 5.61. The maximum absolute atomic E-state index is 5.77. The molecule has 2 unspecified atom stereocenters. The van der Waals surface area contributed by atoms with Crippen molar-refractivity contribution in [3.63, 3.8) is 0 Å². The fourth-order valence-electron chi connectivity index (χ4n) is 2.62. The van der Waals surface area contributed by atoms with Gasteiger partial charge in [0.25, 0.3) is 0 Å². The minimum atomic E-state index is 0.270. The summed E-state index contributed by atoms with van der Waals surface area (Å²) < 4.78 is 7.92. The molecule has 0 saturated carbocycles. The van der Waals surface area contributed by atoms with Crippen LogP contribution in [0.1, 0.15) is 25.8 Å². The maximum atomic E-state index is 5.77.